The van der Waals surface area contributed by atoms with Gasteiger partial charge in [0.15, 0.2) is 0 Å². The largest absolute Gasteiger partial charge is 0.454 e. The molecule has 3 aromatic rings. The van der Waals surface area contributed by atoms with E-state index in [0.29, 0.717) is 5.02 Å². The first-order chi connectivity index (χ1) is 12.8. The Balaban J connectivity index is 1.64. The SMILES string of the molecule is CN(C)S(=O)(=O)c1ccc(COC(=O)/C=C/c2sc3ccccc3c2Cl)o1. The van der Waals surface area contributed by atoms with E-state index in [1.807, 2.05) is 24.3 Å². The van der Waals surface area contributed by atoms with Crippen LogP contribution in [0.15, 0.2) is 52.0 Å². The number of fused-ring (bicyclic) bond motifs is 1. The molecule has 0 unspecified atom stereocenters. The molecule has 0 aliphatic carbocycles. The Morgan fingerprint density at radius 1 is 1.26 bits per heavy atom. The molecule has 27 heavy (non-hydrogen) atoms. The molecular formula is C18H16ClNO5S2. The topological polar surface area (TPSA) is 76.8 Å². The smallest absolute Gasteiger partial charge is 0.331 e. The molecule has 0 aliphatic rings. The number of rotatable bonds is 6. The number of esters is 1. The first-order valence-electron chi connectivity index (χ1n) is 7.82. The molecule has 9 heteroatoms. The van der Waals surface area contributed by atoms with E-state index < -0.39 is 16.0 Å². The lowest BCUT2D eigenvalue weighted by molar-refractivity contribution is -0.139. The summed E-state index contributed by atoms with van der Waals surface area (Å²) in [5.41, 5.74) is 0. The van der Waals surface area contributed by atoms with E-state index in [9.17, 15) is 13.2 Å². The summed E-state index contributed by atoms with van der Waals surface area (Å²) < 4.78 is 36.3. The second-order valence-electron chi connectivity index (χ2n) is 5.73. The molecule has 0 aliphatic heterocycles. The van der Waals surface area contributed by atoms with Crippen molar-refractivity contribution in [2.24, 2.45) is 0 Å². The van der Waals surface area contributed by atoms with Crippen LogP contribution in [0.4, 0.5) is 0 Å². The summed E-state index contributed by atoms with van der Waals surface area (Å²) in [6.45, 7) is -0.174. The van der Waals surface area contributed by atoms with Crippen molar-refractivity contribution >= 4 is 55.1 Å². The van der Waals surface area contributed by atoms with E-state index in [2.05, 4.69) is 0 Å². The first kappa shape index (κ1) is 19.6. The zero-order valence-corrected chi connectivity index (χ0v) is 16.9. The number of thiophene rings is 1. The monoisotopic (exact) mass is 425 g/mol. The molecule has 3 rings (SSSR count). The predicted octanol–water partition coefficient (Wildman–Crippen LogP) is 4.15. The fourth-order valence-electron chi connectivity index (χ4n) is 2.23. The Morgan fingerprint density at radius 2 is 2.00 bits per heavy atom. The zero-order chi connectivity index (χ0) is 19.6. The predicted molar refractivity (Wildman–Crippen MR) is 105 cm³/mol. The van der Waals surface area contributed by atoms with Crippen LogP contribution in [0.1, 0.15) is 10.6 Å². The molecule has 142 valence electrons. The highest BCUT2D eigenvalue weighted by Gasteiger charge is 2.21. The Hall–Kier alpha value is -2.13. The maximum atomic E-state index is 12.0. The van der Waals surface area contributed by atoms with Crippen molar-refractivity contribution in [3.63, 3.8) is 0 Å². The summed E-state index contributed by atoms with van der Waals surface area (Å²) in [6, 6.07) is 10.5. The molecule has 0 bridgehead atoms. The average Bonchev–Trinajstić information content (AvgIpc) is 3.24. The second-order valence-corrected chi connectivity index (χ2v) is 9.27. The van der Waals surface area contributed by atoms with Gasteiger partial charge in [-0.05, 0) is 24.3 Å². The maximum absolute atomic E-state index is 12.0. The van der Waals surface area contributed by atoms with Crippen LogP contribution in [-0.2, 0) is 26.2 Å². The Bertz CT molecular complexity index is 1110. The van der Waals surface area contributed by atoms with E-state index >= 15 is 0 Å². The van der Waals surface area contributed by atoms with Crippen molar-refractivity contribution in [1.82, 2.24) is 4.31 Å². The summed E-state index contributed by atoms with van der Waals surface area (Å²) >= 11 is 7.79. The molecular weight excluding hydrogens is 410 g/mol. The lowest BCUT2D eigenvalue weighted by atomic mass is 10.2. The molecule has 0 radical (unpaired) electrons. The number of carbonyl (C=O) groups is 1. The van der Waals surface area contributed by atoms with Gasteiger partial charge in [0.05, 0.1) is 5.02 Å². The summed E-state index contributed by atoms with van der Waals surface area (Å²) in [5, 5.41) is 1.32. The third-order valence-corrected chi connectivity index (χ3v) is 7.00. The fourth-order valence-corrected chi connectivity index (χ4v) is 4.44. The Morgan fingerprint density at radius 3 is 2.70 bits per heavy atom. The average molecular weight is 426 g/mol. The fraction of sp³-hybridized carbons (Fsp3) is 0.167. The van der Waals surface area contributed by atoms with Crippen LogP contribution >= 0.6 is 22.9 Å². The van der Waals surface area contributed by atoms with Gasteiger partial charge in [-0.1, -0.05) is 29.8 Å². The molecule has 0 atom stereocenters. The van der Waals surface area contributed by atoms with Crippen LogP contribution in [0.5, 0.6) is 0 Å². The molecule has 2 heterocycles. The zero-order valence-electron chi connectivity index (χ0n) is 14.5. The molecule has 0 fully saturated rings. The van der Waals surface area contributed by atoms with Crippen LogP contribution < -0.4 is 0 Å². The standard InChI is InChI=1S/C18H16ClNO5S2/c1-20(2)27(22,23)17-10-7-12(25-17)11-24-16(21)9-8-15-18(19)13-5-3-4-6-14(13)26-15/h3-10H,11H2,1-2H3/b9-8+. The minimum atomic E-state index is -3.66. The summed E-state index contributed by atoms with van der Waals surface area (Å²) in [5.74, 6) is -0.353. The van der Waals surface area contributed by atoms with Crippen LogP contribution in [0.3, 0.4) is 0 Å². The van der Waals surface area contributed by atoms with E-state index in [0.717, 1.165) is 19.3 Å². The van der Waals surface area contributed by atoms with E-state index in [1.54, 1.807) is 6.08 Å². The highest BCUT2D eigenvalue weighted by molar-refractivity contribution is 7.88. The Labute approximate surface area is 165 Å². The number of halogens is 1. The third-order valence-electron chi connectivity index (χ3n) is 3.66. The van der Waals surface area contributed by atoms with Crippen molar-refractivity contribution in [2.75, 3.05) is 14.1 Å². The van der Waals surface area contributed by atoms with Gasteiger partial charge >= 0.3 is 5.97 Å². The van der Waals surface area contributed by atoms with E-state index in [4.69, 9.17) is 20.8 Å². The van der Waals surface area contributed by atoms with Gasteiger partial charge in [-0.3, -0.25) is 0 Å². The van der Waals surface area contributed by atoms with Crippen LogP contribution in [-0.4, -0.2) is 32.8 Å². The Kier molecular flexibility index (Phi) is 5.71. The molecule has 6 nitrogen and oxygen atoms in total. The minimum absolute atomic E-state index is 0.174. The van der Waals surface area contributed by atoms with E-state index in [-0.39, 0.29) is 17.5 Å². The van der Waals surface area contributed by atoms with Gasteiger partial charge in [-0.2, -0.15) is 0 Å². The maximum Gasteiger partial charge on any atom is 0.331 e. The van der Waals surface area contributed by atoms with Gasteiger partial charge in [0, 0.05) is 35.1 Å². The number of nitrogens with zero attached hydrogens (tertiary/aromatic N) is 1. The molecule has 0 amide bonds. The minimum Gasteiger partial charge on any atom is -0.454 e. The highest BCUT2D eigenvalue weighted by atomic mass is 35.5. The van der Waals surface area contributed by atoms with Gasteiger partial charge in [-0.25, -0.2) is 17.5 Å². The summed E-state index contributed by atoms with van der Waals surface area (Å²) in [6.07, 6.45) is 2.87. The van der Waals surface area contributed by atoms with Crippen LogP contribution in [0, 0.1) is 0 Å². The van der Waals surface area contributed by atoms with Gasteiger partial charge in [0.2, 0.25) is 5.09 Å². The van der Waals surface area contributed by atoms with Crippen molar-refractivity contribution < 1.29 is 22.4 Å². The molecule has 0 spiro atoms. The molecule has 0 saturated heterocycles. The lowest BCUT2D eigenvalue weighted by Crippen LogP contribution is -2.21. The molecule has 0 saturated carbocycles. The molecule has 2 aromatic heterocycles. The third kappa shape index (κ3) is 4.24. The highest BCUT2D eigenvalue weighted by Crippen LogP contribution is 2.35. The van der Waals surface area contributed by atoms with Gasteiger partial charge in [0.1, 0.15) is 12.4 Å². The number of hydrogen-bond donors (Lipinski definition) is 0. The normalized spacial score (nSPS) is 12.3. The van der Waals surface area contributed by atoms with Crippen molar-refractivity contribution in [1.29, 1.82) is 0 Å². The number of benzene rings is 1. The number of furan rings is 1. The first-order valence-corrected chi connectivity index (χ1v) is 10.5. The molecule has 0 N–H and O–H groups in total. The number of ether oxygens (including phenoxy) is 1. The molecule has 1 aromatic carbocycles. The summed E-state index contributed by atoms with van der Waals surface area (Å²) in [4.78, 5) is 12.7. The van der Waals surface area contributed by atoms with Gasteiger partial charge in [0.25, 0.3) is 10.0 Å². The van der Waals surface area contributed by atoms with E-state index in [1.165, 1.54) is 43.6 Å². The van der Waals surface area contributed by atoms with Crippen LogP contribution in [0.25, 0.3) is 16.2 Å². The lowest BCUT2D eigenvalue weighted by Gasteiger charge is -2.07. The van der Waals surface area contributed by atoms with Gasteiger partial charge < -0.3 is 9.15 Å². The van der Waals surface area contributed by atoms with Crippen molar-refractivity contribution in [2.45, 2.75) is 11.7 Å². The van der Waals surface area contributed by atoms with Crippen LogP contribution in [0.2, 0.25) is 5.02 Å². The number of sulfonamides is 1. The van der Waals surface area contributed by atoms with Crippen molar-refractivity contribution in [3.8, 4) is 0 Å². The number of hydrogen-bond acceptors (Lipinski definition) is 6. The number of carbonyl (C=O) groups excluding carboxylic acids is 1. The second kappa shape index (κ2) is 7.85. The van der Waals surface area contributed by atoms with Crippen molar-refractivity contribution in [3.05, 3.63) is 58.1 Å². The van der Waals surface area contributed by atoms with Gasteiger partial charge in [-0.15, -0.1) is 11.3 Å². The quantitative estimate of drug-likeness (QED) is 0.438. The summed E-state index contributed by atoms with van der Waals surface area (Å²) in [7, 11) is -0.851.